The molecule has 0 radical (unpaired) electrons. The average molecular weight is 387 g/mol. The van der Waals surface area contributed by atoms with E-state index in [-0.39, 0.29) is 31.8 Å². The highest BCUT2D eigenvalue weighted by molar-refractivity contribution is 7.15. The summed E-state index contributed by atoms with van der Waals surface area (Å²) in [4.78, 5) is 14.6. The molecule has 2 atom stereocenters. The summed E-state index contributed by atoms with van der Waals surface area (Å²) in [5, 5.41) is 12.7. The lowest BCUT2D eigenvalue weighted by molar-refractivity contribution is -0.107. The molecule has 3 heterocycles. The number of halogens is 3. The van der Waals surface area contributed by atoms with E-state index in [4.69, 9.17) is 0 Å². The number of hydrogen-bond donors (Lipinski definition) is 2. The summed E-state index contributed by atoms with van der Waals surface area (Å²) in [5.41, 5.74) is 0. The summed E-state index contributed by atoms with van der Waals surface area (Å²) in [6, 6.07) is 0. The first-order chi connectivity index (χ1) is 12.3. The largest absolute Gasteiger partial charge is 0.374 e. The van der Waals surface area contributed by atoms with Crippen LogP contribution in [-0.2, 0) is 13.0 Å². The summed E-state index contributed by atoms with van der Waals surface area (Å²) < 4.78 is 41.5. The van der Waals surface area contributed by atoms with Gasteiger partial charge in [-0.1, -0.05) is 0 Å². The third-order valence-electron chi connectivity index (χ3n) is 4.21. The van der Waals surface area contributed by atoms with Crippen LogP contribution in [0.1, 0.15) is 24.0 Å². The number of nitrogens with zero attached hydrogens (tertiary/aromatic N) is 4. The molecule has 1 saturated heterocycles. The molecule has 2 unspecified atom stereocenters. The third kappa shape index (κ3) is 4.89. The van der Waals surface area contributed by atoms with E-state index in [1.165, 1.54) is 11.3 Å². The molecule has 1 aliphatic rings. The maximum atomic E-state index is 14.3. The van der Waals surface area contributed by atoms with Gasteiger partial charge in [0.05, 0.1) is 12.4 Å². The Morgan fingerprint density at radius 2 is 2.08 bits per heavy atom. The fourth-order valence-electron chi connectivity index (χ4n) is 2.92. The fraction of sp³-hybridized carbons (Fsp3) is 0.562. The Bertz CT molecular complexity index is 725. The van der Waals surface area contributed by atoms with Crippen LogP contribution >= 0.6 is 11.3 Å². The maximum Gasteiger partial charge on any atom is 0.253 e. The summed E-state index contributed by atoms with van der Waals surface area (Å²) in [6.45, 7) is 2.58. The van der Waals surface area contributed by atoms with Gasteiger partial charge in [-0.3, -0.25) is 4.90 Å². The van der Waals surface area contributed by atoms with Crippen LogP contribution in [0.4, 0.5) is 18.3 Å². The minimum Gasteiger partial charge on any atom is -0.374 e. The highest BCUT2D eigenvalue weighted by Gasteiger charge is 2.44. The zero-order valence-corrected chi connectivity index (χ0v) is 15.0. The monoisotopic (exact) mass is 387 g/mol. The standard InChI is InChI=1S/C16H20F3N5OS/c1-10(25)23-15-22-7-13(26-15)9-24-3-2-16(18,19)11(8-24)4-14-20-5-12(17)6-21-14/h5-7,10-11,25H,2-4,8-9H2,1H3,(H,22,23). The van der Waals surface area contributed by atoms with Crippen molar-refractivity contribution in [2.24, 2.45) is 5.92 Å². The van der Waals surface area contributed by atoms with Crippen LogP contribution in [0.3, 0.4) is 0 Å². The van der Waals surface area contributed by atoms with Crippen LogP contribution in [-0.4, -0.2) is 50.2 Å². The molecule has 6 nitrogen and oxygen atoms in total. The van der Waals surface area contributed by atoms with Gasteiger partial charge >= 0.3 is 0 Å². The van der Waals surface area contributed by atoms with Crippen LogP contribution in [0.25, 0.3) is 0 Å². The Morgan fingerprint density at radius 3 is 2.77 bits per heavy atom. The van der Waals surface area contributed by atoms with E-state index in [1.54, 1.807) is 13.1 Å². The molecule has 142 valence electrons. The zero-order chi connectivity index (χ0) is 18.7. The lowest BCUT2D eigenvalue weighted by Crippen LogP contribution is -2.47. The number of aliphatic hydroxyl groups is 1. The number of anilines is 1. The molecule has 1 fully saturated rings. The van der Waals surface area contributed by atoms with Gasteiger partial charge in [0.15, 0.2) is 10.9 Å². The molecular formula is C16H20F3N5OS. The van der Waals surface area contributed by atoms with E-state index < -0.39 is 23.9 Å². The third-order valence-corrected chi connectivity index (χ3v) is 5.12. The van der Waals surface area contributed by atoms with Gasteiger partial charge in [-0.05, 0) is 6.92 Å². The normalized spacial score (nSPS) is 21.5. The van der Waals surface area contributed by atoms with Gasteiger partial charge in [-0.2, -0.15) is 0 Å². The molecule has 0 aromatic carbocycles. The van der Waals surface area contributed by atoms with Crippen molar-refractivity contribution >= 4 is 16.5 Å². The van der Waals surface area contributed by atoms with Crippen molar-refractivity contribution in [2.75, 3.05) is 18.4 Å². The van der Waals surface area contributed by atoms with Gasteiger partial charge < -0.3 is 10.4 Å². The van der Waals surface area contributed by atoms with Crippen LogP contribution in [0.2, 0.25) is 0 Å². The molecule has 0 spiro atoms. The Kier molecular flexibility index (Phi) is 5.73. The fourth-order valence-corrected chi connectivity index (χ4v) is 3.85. The Labute approximate surface area is 153 Å². The van der Waals surface area contributed by atoms with Crippen molar-refractivity contribution in [3.63, 3.8) is 0 Å². The van der Waals surface area contributed by atoms with Crippen molar-refractivity contribution in [3.8, 4) is 0 Å². The number of alkyl halides is 2. The second kappa shape index (κ2) is 7.85. The zero-order valence-electron chi connectivity index (χ0n) is 14.2. The van der Waals surface area contributed by atoms with E-state index >= 15 is 0 Å². The number of likely N-dealkylation sites (tertiary alicyclic amines) is 1. The van der Waals surface area contributed by atoms with Crippen molar-refractivity contribution in [1.82, 2.24) is 19.9 Å². The lowest BCUT2D eigenvalue weighted by atomic mass is 9.90. The minimum absolute atomic E-state index is 0.00129. The molecule has 10 heteroatoms. The summed E-state index contributed by atoms with van der Waals surface area (Å²) in [5.74, 6) is -4.09. The molecule has 26 heavy (non-hydrogen) atoms. The van der Waals surface area contributed by atoms with Gasteiger partial charge in [-0.15, -0.1) is 11.3 Å². The predicted octanol–water partition coefficient (Wildman–Crippen LogP) is 2.52. The second-order valence-electron chi connectivity index (χ2n) is 6.42. The molecule has 2 N–H and O–H groups in total. The van der Waals surface area contributed by atoms with Crippen LogP contribution in [0.5, 0.6) is 0 Å². The van der Waals surface area contributed by atoms with Gasteiger partial charge in [-0.25, -0.2) is 28.1 Å². The summed E-state index contributed by atoms with van der Waals surface area (Å²) >= 11 is 1.38. The minimum atomic E-state index is -2.80. The first-order valence-corrected chi connectivity index (χ1v) is 9.09. The van der Waals surface area contributed by atoms with Gasteiger partial charge in [0.2, 0.25) is 0 Å². The van der Waals surface area contributed by atoms with Crippen LogP contribution < -0.4 is 5.32 Å². The van der Waals surface area contributed by atoms with Crippen molar-refractivity contribution in [1.29, 1.82) is 0 Å². The highest BCUT2D eigenvalue weighted by atomic mass is 32.1. The van der Waals surface area contributed by atoms with E-state index in [9.17, 15) is 18.3 Å². The Hall–Kier alpha value is -1.78. The molecule has 0 bridgehead atoms. The summed E-state index contributed by atoms with van der Waals surface area (Å²) in [7, 11) is 0. The van der Waals surface area contributed by atoms with Crippen LogP contribution in [0.15, 0.2) is 18.6 Å². The molecular weight excluding hydrogens is 367 g/mol. The average Bonchev–Trinajstić information content (AvgIpc) is 2.99. The number of aromatic nitrogens is 3. The highest BCUT2D eigenvalue weighted by Crippen LogP contribution is 2.36. The van der Waals surface area contributed by atoms with Crippen molar-refractivity contribution < 1.29 is 18.3 Å². The van der Waals surface area contributed by atoms with Gasteiger partial charge in [0, 0.05) is 49.5 Å². The second-order valence-corrected chi connectivity index (χ2v) is 7.53. The van der Waals surface area contributed by atoms with E-state index in [1.807, 2.05) is 4.90 Å². The van der Waals surface area contributed by atoms with Gasteiger partial charge in [0.1, 0.15) is 12.1 Å². The first kappa shape index (κ1) is 19.0. The van der Waals surface area contributed by atoms with E-state index in [0.29, 0.717) is 11.7 Å². The molecule has 2 aromatic rings. The summed E-state index contributed by atoms with van der Waals surface area (Å²) in [6.07, 6.45) is 2.73. The Morgan fingerprint density at radius 1 is 1.35 bits per heavy atom. The molecule has 0 aliphatic carbocycles. The number of thiazole rings is 1. The number of aliphatic hydroxyl groups excluding tert-OH is 1. The van der Waals surface area contributed by atoms with E-state index in [0.717, 1.165) is 17.3 Å². The lowest BCUT2D eigenvalue weighted by Gasteiger charge is -2.38. The first-order valence-electron chi connectivity index (χ1n) is 8.28. The topological polar surface area (TPSA) is 74.2 Å². The number of hydrogen-bond acceptors (Lipinski definition) is 7. The van der Waals surface area contributed by atoms with E-state index in [2.05, 4.69) is 20.3 Å². The number of piperidine rings is 1. The van der Waals surface area contributed by atoms with Crippen LogP contribution in [0, 0.1) is 11.7 Å². The Balaban J connectivity index is 1.63. The molecule has 0 amide bonds. The smallest absolute Gasteiger partial charge is 0.253 e. The molecule has 1 aliphatic heterocycles. The van der Waals surface area contributed by atoms with Crippen molar-refractivity contribution in [2.45, 2.75) is 38.5 Å². The molecule has 0 saturated carbocycles. The number of nitrogens with one attached hydrogen (secondary N) is 1. The van der Waals surface area contributed by atoms with Crippen molar-refractivity contribution in [3.05, 3.63) is 35.1 Å². The molecule has 3 rings (SSSR count). The SMILES string of the molecule is CC(O)Nc1ncc(CN2CCC(F)(F)C(Cc3ncc(F)cn3)C2)s1. The maximum absolute atomic E-state index is 14.3. The quantitative estimate of drug-likeness (QED) is 0.742. The number of rotatable bonds is 6. The predicted molar refractivity (Wildman–Crippen MR) is 91.4 cm³/mol. The van der Waals surface area contributed by atoms with Gasteiger partial charge in [0.25, 0.3) is 5.92 Å². The molecule has 2 aromatic heterocycles.